The number of ether oxygens (including phenoxy) is 2. The van der Waals surface area contributed by atoms with E-state index < -0.39 is 55.0 Å². The van der Waals surface area contributed by atoms with Crippen molar-refractivity contribution in [3.8, 4) is 11.5 Å². The van der Waals surface area contributed by atoms with E-state index in [4.69, 9.17) is 20.4 Å². The predicted octanol–water partition coefficient (Wildman–Crippen LogP) is 1.50. The Bertz CT molecular complexity index is 995. The van der Waals surface area contributed by atoms with E-state index in [1.54, 1.807) is 6.08 Å². The summed E-state index contributed by atoms with van der Waals surface area (Å²) in [6.07, 6.45) is -2.56. The maximum Gasteiger partial charge on any atom is 0.165 e. The fraction of sp³-hybridized carbons (Fsp3) is 0.556. The van der Waals surface area contributed by atoms with Crippen LogP contribution in [0.15, 0.2) is 24.2 Å². The van der Waals surface area contributed by atoms with E-state index in [0.29, 0.717) is 0 Å². The molecule has 2 aliphatic carbocycles. The molecule has 5 atom stereocenters. The first-order valence-electron chi connectivity index (χ1n) is 11.4. The maximum atomic E-state index is 10.8. The Balaban J connectivity index is 1.94. The fourth-order valence-electron chi connectivity index (χ4n) is 4.43. The van der Waals surface area contributed by atoms with Gasteiger partial charge < -0.3 is 19.5 Å². The van der Waals surface area contributed by atoms with Crippen LogP contribution in [0.1, 0.15) is 28.5 Å². The molecule has 4 nitrogen and oxygen atoms in total. The number of aliphatic hydroxyl groups is 1. The van der Waals surface area contributed by atoms with Gasteiger partial charge in [-0.15, -0.1) is 0 Å². The monoisotopic (exact) mass is 307 g/mol. The van der Waals surface area contributed by atoms with Gasteiger partial charge in [-0.25, -0.2) is 0 Å². The smallest absolute Gasteiger partial charge is 0.165 e. The molecule has 4 aliphatic rings. The van der Waals surface area contributed by atoms with Gasteiger partial charge in [-0.05, 0) is 37.9 Å². The molecule has 0 radical (unpaired) electrons. The highest BCUT2D eigenvalue weighted by molar-refractivity contribution is 5.62. The lowest BCUT2D eigenvalue weighted by Gasteiger charge is -2.56. The molecule has 0 aromatic heterocycles. The van der Waals surface area contributed by atoms with Gasteiger partial charge in [0.1, 0.15) is 12.2 Å². The van der Waals surface area contributed by atoms with Crippen LogP contribution >= 0.6 is 0 Å². The van der Waals surface area contributed by atoms with Crippen LogP contribution < -0.4 is 9.47 Å². The van der Waals surface area contributed by atoms with Gasteiger partial charge in [0.15, 0.2) is 11.5 Å². The fourth-order valence-corrected chi connectivity index (χ4v) is 4.43. The summed E-state index contributed by atoms with van der Waals surface area (Å²) in [5.74, 6) is -0.856. The molecule has 2 unspecified atom stereocenters. The molecule has 0 amide bonds. The van der Waals surface area contributed by atoms with Gasteiger partial charge in [-0.1, -0.05) is 18.2 Å². The molecule has 1 aromatic carbocycles. The zero-order valence-electron chi connectivity index (χ0n) is 20.0. The van der Waals surface area contributed by atoms with Gasteiger partial charge in [0.2, 0.25) is 0 Å². The van der Waals surface area contributed by atoms with Crippen molar-refractivity contribution in [1.29, 1.82) is 0 Å². The quantitative estimate of drug-likeness (QED) is 0.799. The molecular formula is C18H21NO3. The molecular weight excluding hydrogens is 278 g/mol. The molecule has 1 N–H and O–H groups in total. The van der Waals surface area contributed by atoms with Gasteiger partial charge in [0, 0.05) is 29.8 Å². The van der Waals surface area contributed by atoms with Crippen molar-refractivity contribution in [3.05, 3.63) is 35.4 Å². The average Bonchev–Trinajstić information content (AvgIpc) is 2.90. The van der Waals surface area contributed by atoms with Crippen molar-refractivity contribution >= 4 is 0 Å². The number of aliphatic hydroxyl groups excluding tert-OH is 1. The normalized spacial score (nSPS) is 52.5. The van der Waals surface area contributed by atoms with Crippen LogP contribution in [0.4, 0.5) is 0 Å². The number of methoxy groups -OCH3 is 1. The average molecular weight is 307 g/mol. The Morgan fingerprint density at radius 1 is 1.59 bits per heavy atom. The van der Waals surface area contributed by atoms with Crippen molar-refractivity contribution < 1.29 is 25.5 Å². The van der Waals surface area contributed by atoms with Crippen LogP contribution in [0.25, 0.3) is 0 Å². The summed E-state index contributed by atoms with van der Waals surface area (Å²) < 4.78 is 79.0. The third-order valence-electron chi connectivity index (χ3n) is 5.34. The largest absolute Gasteiger partial charge is 0.493 e. The maximum absolute atomic E-state index is 10.8. The Hall–Kier alpha value is -1.52. The number of benzene rings is 1. The Kier molecular flexibility index (Phi) is 1.36. The molecule has 4 heteroatoms. The second-order valence-corrected chi connectivity index (χ2v) is 6.19. The van der Waals surface area contributed by atoms with Crippen LogP contribution in [0, 0.1) is 5.92 Å². The molecule has 2 bridgehead atoms. The van der Waals surface area contributed by atoms with E-state index in [2.05, 4.69) is 0 Å². The molecule has 1 spiro atoms. The zero-order valence-corrected chi connectivity index (χ0v) is 12.0. The van der Waals surface area contributed by atoms with Crippen LogP contribution in [0.3, 0.4) is 0 Å². The lowest BCUT2D eigenvalue weighted by molar-refractivity contribution is -0.0453. The summed E-state index contributed by atoms with van der Waals surface area (Å²) in [6.45, 7) is -2.62. The molecule has 5 rings (SSSR count). The van der Waals surface area contributed by atoms with Crippen molar-refractivity contribution in [2.24, 2.45) is 5.92 Å². The highest BCUT2D eigenvalue weighted by atomic mass is 16.5. The van der Waals surface area contributed by atoms with Crippen molar-refractivity contribution in [2.45, 2.75) is 36.4 Å². The summed E-state index contributed by atoms with van der Waals surface area (Å²) in [7, 11) is 1.30. The lowest BCUT2D eigenvalue weighted by Crippen LogP contribution is -2.64. The van der Waals surface area contributed by atoms with E-state index >= 15 is 0 Å². The SMILES string of the molecule is [2H]c1c([2H])c2c3c(c1OC)OC1([2H])C(O)C=C[C@H]4[C@H](N(C([2H])([2H])[2H])CC[C@@]341)C2([2H])[2H]. The number of likely N-dealkylation sites (N-methyl/N-ethyl adjacent to an activating group) is 1. The first kappa shape index (κ1) is 7.37. The van der Waals surface area contributed by atoms with Crippen LogP contribution in [0.5, 0.6) is 11.5 Å². The van der Waals surface area contributed by atoms with E-state index in [1.807, 2.05) is 0 Å². The molecule has 2 heterocycles. The highest BCUT2D eigenvalue weighted by Gasteiger charge is 2.64. The van der Waals surface area contributed by atoms with E-state index in [1.165, 1.54) is 13.2 Å². The number of piperidine rings is 1. The number of likely N-dealkylation sites (tertiary alicyclic amines) is 1. The van der Waals surface area contributed by atoms with Crippen molar-refractivity contribution in [1.82, 2.24) is 4.90 Å². The third kappa shape index (κ3) is 1.28. The first-order chi connectivity index (χ1) is 13.8. The summed E-state index contributed by atoms with van der Waals surface area (Å²) in [4.78, 5) is 1.11. The summed E-state index contributed by atoms with van der Waals surface area (Å²) in [6, 6.07) is -2.03. The van der Waals surface area contributed by atoms with Crippen molar-refractivity contribution in [2.75, 3.05) is 20.6 Å². The topological polar surface area (TPSA) is 41.9 Å². The van der Waals surface area contributed by atoms with E-state index in [-0.39, 0.29) is 35.6 Å². The summed E-state index contributed by atoms with van der Waals surface area (Å²) in [5.41, 5.74) is -1.15. The van der Waals surface area contributed by atoms with Gasteiger partial charge in [-0.3, -0.25) is 0 Å². The molecule has 1 fully saturated rings. The minimum atomic E-state index is -2.59. The number of nitrogens with zero attached hydrogens (tertiary/aromatic N) is 1. The Morgan fingerprint density at radius 2 is 2.50 bits per heavy atom. The van der Waals surface area contributed by atoms with Gasteiger partial charge >= 0.3 is 0 Å². The number of hydrogen-bond acceptors (Lipinski definition) is 4. The molecule has 0 saturated carbocycles. The molecule has 1 aromatic rings. The lowest BCUT2D eigenvalue weighted by atomic mass is 9.53. The second kappa shape index (κ2) is 4.06. The molecule has 22 heavy (non-hydrogen) atoms. The molecule has 1 saturated heterocycles. The summed E-state index contributed by atoms with van der Waals surface area (Å²) in [5, 5.41) is 10.8. The zero-order chi connectivity index (χ0) is 22.0. The van der Waals surface area contributed by atoms with E-state index in [0.717, 1.165) is 4.90 Å². The summed E-state index contributed by atoms with van der Waals surface area (Å²) >= 11 is 0. The standard InChI is InChI=1S/C18H21NO3/c1-19-8-7-18-11-4-5-13(20)17(18)22-16-14(21-2)6-3-10(15(16)18)9-12(11)19/h3-6,11-13,17,20H,7-9H2,1-2H3/t11-,12+,13?,17?,18-/m0/s1/i1D3,3D,6D,9D2,17D. The predicted molar refractivity (Wildman–Crippen MR) is 82.5 cm³/mol. The number of rotatable bonds is 1. The first-order valence-corrected chi connectivity index (χ1v) is 7.38. The minimum Gasteiger partial charge on any atom is -0.493 e. The van der Waals surface area contributed by atoms with Gasteiger partial charge in [-0.2, -0.15) is 0 Å². The van der Waals surface area contributed by atoms with Gasteiger partial charge in [0.25, 0.3) is 0 Å². The van der Waals surface area contributed by atoms with Crippen LogP contribution in [-0.4, -0.2) is 48.9 Å². The van der Waals surface area contributed by atoms with Gasteiger partial charge in [0.05, 0.1) is 11.2 Å². The second-order valence-electron chi connectivity index (χ2n) is 6.19. The van der Waals surface area contributed by atoms with E-state index in [9.17, 15) is 5.11 Å². The molecule has 2 aliphatic heterocycles. The Labute approximate surface area is 141 Å². The van der Waals surface area contributed by atoms with Crippen LogP contribution in [-0.2, 0) is 11.8 Å². The molecule has 116 valence electrons. The third-order valence-corrected chi connectivity index (χ3v) is 5.34. The highest BCUT2D eigenvalue weighted by Crippen LogP contribution is 2.62. The Morgan fingerprint density at radius 3 is 3.32 bits per heavy atom. The minimum absolute atomic E-state index is 0.000841. The van der Waals surface area contributed by atoms with Crippen molar-refractivity contribution in [3.63, 3.8) is 0 Å². The number of hydrogen-bond donors (Lipinski definition) is 1. The van der Waals surface area contributed by atoms with Crippen LogP contribution in [0.2, 0.25) is 0 Å².